The van der Waals surface area contributed by atoms with Crippen LogP contribution >= 0.6 is 0 Å². The summed E-state index contributed by atoms with van der Waals surface area (Å²) in [5, 5.41) is 11.2. The first kappa shape index (κ1) is 14.4. The molecule has 0 saturated carbocycles. The smallest absolute Gasteiger partial charge is 0.332 e. The Bertz CT molecular complexity index is 521. The van der Waals surface area contributed by atoms with Gasteiger partial charge < -0.3 is 15.5 Å². The van der Waals surface area contributed by atoms with Crippen molar-refractivity contribution < 1.29 is 4.92 Å². The molecule has 2 rings (SSSR count). The van der Waals surface area contributed by atoms with E-state index in [1.165, 1.54) is 0 Å². The lowest BCUT2D eigenvalue weighted by molar-refractivity contribution is -0.385. The fourth-order valence-electron chi connectivity index (χ4n) is 2.70. The highest BCUT2D eigenvalue weighted by atomic mass is 16.6. The molecule has 1 unspecified atom stereocenters. The summed E-state index contributed by atoms with van der Waals surface area (Å²) in [7, 11) is 3.89. The molecule has 0 spiro atoms. The molecule has 0 aliphatic carbocycles. The van der Waals surface area contributed by atoms with Gasteiger partial charge in [-0.15, -0.1) is 0 Å². The van der Waals surface area contributed by atoms with Crippen molar-refractivity contribution >= 4 is 17.5 Å². The summed E-state index contributed by atoms with van der Waals surface area (Å²) in [5.74, 6) is 0.856. The van der Waals surface area contributed by atoms with E-state index >= 15 is 0 Å². The van der Waals surface area contributed by atoms with E-state index in [0.717, 1.165) is 26.1 Å². The van der Waals surface area contributed by atoms with Crippen LogP contribution in [0.1, 0.15) is 12.1 Å². The van der Waals surface area contributed by atoms with Crippen LogP contribution in [0.5, 0.6) is 0 Å². The van der Waals surface area contributed by atoms with E-state index < -0.39 is 4.92 Å². The van der Waals surface area contributed by atoms with Gasteiger partial charge in [0.15, 0.2) is 0 Å². The number of nitrogens with two attached hydrogens (primary N) is 1. The largest absolute Gasteiger partial charge is 0.368 e. The molecule has 1 fully saturated rings. The zero-order valence-corrected chi connectivity index (χ0v) is 12.0. The second-order valence-corrected chi connectivity index (χ2v) is 5.39. The number of hydrogen-bond acceptors (Lipinski definition) is 7. The number of rotatable bonds is 4. The highest BCUT2D eigenvalue weighted by Crippen LogP contribution is 2.29. The van der Waals surface area contributed by atoms with Gasteiger partial charge >= 0.3 is 5.69 Å². The molecule has 2 heterocycles. The summed E-state index contributed by atoms with van der Waals surface area (Å²) < 4.78 is 0. The minimum absolute atomic E-state index is 0.0620. The molecule has 8 heteroatoms. The number of likely N-dealkylation sites (tertiary alicyclic amines) is 1. The van der Waals surface area contributed by atoms with Crippen LogP contribution < -0.4 is 10.6 Å². The van der Waals surface area contributed by atoms with Crippen LogP contribution in [0.3, 0.4) is 0 Å². The summed E-state index contributed by atoms with van der Waals surface area (Å²) in [6.07, 6.45) is 1.09. The van der Waals surface area contributed by atoms with Gasteiger partial charge in [-0.3, -0.25) is 10.1 Å². The molecule has 1 aliphatic rings. The second kappa shape index (κ2) is 5.58. The predicted octanol–water partition coefficient (Wildman–Crippen LogP) is 0.663. The molecule has 0 radical (unpaired) electrons. The standard InChI is InChI=1S/C12H20N6O2/c1-8-10(18(19)20)11(15-12(13)14-8)17(3)7-9-4-5-16(2)6-9/h9H,4-7H2,1-3H3,(H2,13,14,15). The molecule has 8 nitrogen and oxygen atoms in total. The van der Waals surface area contributed by atoms with Gasteiger partial charge in [0.2, 0.25) is 11.8 Å². The number of anilines is 2. The number of nitro groups is 1. The Kier molecular flexibility index (Phi) is 4.03. The van der Waals surface area contributed by atoms with Gasteiger partial charge in [-0.05, 0) is 32.9 Å². The molecular formula is C12H20N6O2. The van der Waals surface area contributed by atoms with Crippen molar-refractivity contribution in [3.8, 4) is 0 Å². The summed E-state index contributed by atoms with van der Waals surface area (Å²) in [6, 6.07) is 0. The molecule has 1 aromatic rings. The third-order valence-corrected chi connectivity index (χ3v) is 3.62. The van der Waals surface area contributed by atoms with E-state index in [-0.39, 0.29) is 11.6 Å². The monoisotopic (exact) mass is 280 g/mol. The highest BCUT2D eigenvalue weighted by molar-refractivity contribution is 5.61. The van der Waals surface area contributed by atoms with E-state index in [2.05, 4.69) is 21.9 Å². The molecule has 0 bridgehead atoms. The second-order valence-electron chi connectivity index (χ2n) is 5.39. The van der Waals surface area contributed by atoms with E-state index in [4.69, 9.17) is 5.73 Å². The lowest BCUT2D eigenvalue weighted by Gasteiger charge is -2.22. The van der Waals surface area contributed by atoms with Gasteiger partial charge in [0, 0.05) is 20.1 Å². The first-order valence-electron chi connectivity index (χ1n) is 6.56. The molecule has 1 saturated heterocycles. The average Bonchev–Trinajstić information content (AvgIpc) is 2.72. The Morgan fingerprint density at radius 1 is 1.55 bits per heavy atom. The quantitative estimate of drug-likeness (QED) is 0.638. The number of nitrogen functional groups attached to an aromatic ring is 1. The fourth-order valence-corrected chi connectivity index (χ4v) is 2.70. The number of nitrogens with zero attached hydrogens (tertiary/aromatic N) is 5. The molecule has 1 aromatic heterocycles. The SMILES string of the molecule is Cc1nc(N)nc(N(C)CC2CCN(C)C2)c1[N+](=O)[O-]. The van der Waals surface area contributed by atoms with Gasteiger partial charge in [-0.1, -0.05) is 0 Å². The van der Waals surface area contributed by atoms with Crippen molar-refractivity contribution in [1.82, 2.24) is 14.9 Å². The Morgan fingerprint density at radius 2 is 2.25 bits per heavy atom. The Morgan fingerprint density at radius 3 is 2.80 bits per heavy atom. The van der Waals surface area contributed by atoms with Crippen LogP contribution in [0.15, 0.2) is 0 Å². The topological polar surface area (TPSA) is 101 Å². The minimum atomic E-state index is -0.443. The maximum atomic E-state index is 11.2. The first-order valence-corrected chi connectivity index (χ1v) is 6.56. The lowest BCUT2D eigenvalue weighted by Crippen LogP contribution is -2.29. The van der Waals surface area contributed by atoms with Crippen molar-refractivity contribution in [1.29, 1.82) is 0 Å². The van der Waals surface area contributed by atoms with Crippen LogP contribution in [0.2, 0.25) is 0 Å². The molecule has 2 N–H and O–H groups in total. The Labute approximate surface area is 117 Å². The minimum Gasteiger partial charge on any atom is -0.368 e. The van der Waals surface area contributed by atoms with E-state index in [9.17, 15) is 10.1 Å². The van der Waals surface area contributed by atoms with Crippen LogP contribution in [0.25, 0.3) is 0 Å². The van der Waals surface area contributed by atoms with Gasteiger partial charge in [0.25, 0.3) is 0 Å². The van der Waals surface area contributed by atoms with Crippen LogP contribution in [-0.4, -0.2) is 53.5 Å². The maximum absolute atomic E-state index is 11.2. The first-order chi connectivity index (χ1) is 9.38. The van der Waals surface area contributed by atoms with Gasteiger partial charge in [0.05, 0.1) is 4.92 Å². The zero-order chi connectivity index (χ0) is 14.9. The van der Waals surface area contributed by atoms with Crippen molar-refractivity contribution in [2.24, 2.45) is 5.92 Å². The van der Waals surface area contributed by atoms with Crippen LogP contribution in [-0.2, 0) is 0 Å². The lowest BCUT2D eigenvalue weighted by atomic mass is 10.1. The molecule has 0 amide bonds. The molecule has 110 valence electrons. The van der Waals surface area contributed by atoms with E-state index in [1.807, 2.05) is 11.9 Å². The summed E-state index contributed by atoms with van der Waals surface area (Å²) in [6.45, 7) is 4.36. The number of hydrogen-bond donors (Lipinski definition) is 1. The summed E-state index contributed by atoms with van der Waals surface area (Å²) in [5.41, 5.74) is 5.85. The van der Waals surface area contributed by atoms with Gasteiger partial charge in [-0.25, -0.2) is 4.98 Å². The Balaban J connectivity index is 2.24. The van der Waals surface area contributed by atoms with Crippen LogP contribution in [0.4, 0.5) is 17.5 Å². The molecule has 1 atom stereocenters. The summed E-state index contributed by atoms with van der Waals surface area (Å²) in [4.78, 5) is 22.7. The zero-order valence-electron chi connectivity index (χ0n) is 12.0. The molecule has 0 aromatic carbocycles. The molecule has 20 heavy (non-hydrogen) atoms. The van der Waals surface area contributed by atoms with E-state index in [1.54, 1.807) is 6.92 Å². The highest BCUT2D eigenvalue weighted by Gasteiger charge is 2.27. The Hall–Kier alpha value is -1.96. The summed E-state index contributed by atoms with van der Waals surface area (Å²) >= 11 is 0. The van der Waals surface area contributed by atoms with Crippen molar-refractivity contribution in [2.45, 2.75) is 13.3 Å². The number of aryl methyl sites for hydroxylation is 1. The van der Waals surface area contributed by atoms with E-state index in [0.29, 0.717) is 17.4 Å². The number of aromatic nitrogens is 2. The predicted molar refractivity (Wildman–Crippen MR) is 76.7 cm³/mol. The molecule has 1 aliphatic heterocycles. The maximum Gasteiger partial charge on any atom is 0.332 e. The van der Waals surface area contributed by atoms with Crippen molar-refractivity contribution in [2.75, 3.05) is 44.4 Å². The third-order valence-electron chi connectivity index (χ3n) is 3.62. The van der Waals surface area contributed by atoms with Crippen molar-refractivity contribution in [3.05, 3.63) is 15.8 Å². The van der Waals surface area contributed by atoms with Gasteiger partial charge in [-0.2, -0.15) is 4.98 Å². The molecular weight excluding hydrogens is 260 g/mol. The van der Waals surface area contributed by atoms with Crippen molar-refractivity contribution in [3.63, 3.8) is 0 Å². The third kappa shape index (κ3) is 2.96. The average molecular weight is 280 g/mol. The van der Waals surface area contributed by atoms with Crippen LogP contribution in [0, 0.1) is 23.0 Å². The normalized spacial score (nSPS) is 19.2. The van der Waals surface area contributed by atoms with Gasteiger partial charge in [0.1, 0.15) is 5.69 Å². The fraction of sp³-hybridized carbons (Fsp3) is 0.667.